The molecule has 0 aliphatic rings. The second-order valence-corrected chi connectivity index (χ2v) is 6.51. The number of rotatable bonds is 3. The van der Waals surface area contributed by atoms with Gasteiger partial charge in [0.05, 0.1) is 10.7 Å². The molecule has 0 atom stereocenters. The first-order valence-electron chi connectivity index (χ1n) is 4.80. The SMILES string of the molecule is CS(=O)(=O)c1nsc(N=Nc2ccc(O)c(Cl)c2)n1. The number of phenols is 1. The van der Waals surface area contributed by atoms with Gasteiger partial charge in [-0.1, -0.05) is 11.6 Å². The predicted molar refractivity (Wildman–Crippen MR) is 70.3 cm³/mol. The first kappa shape index (κ1) is 13.8. The van der Waals surface area contributed by atoms with Crippen molar-refractivity contribution in [2.24, 2.45) is 10.2 Å². The molecule has 0 radical (unpaired) electrons. The topological polar surface area (TPSA) is 105 Å². The van der Waals surface area contributed by atoms with Gasteiger partial charge in [-0.15, -0.1) is 10.2 Å². The molecule has 0 spiro atoms. The molecule has 7 nitrogen and oxygen atoms in total. The van der Waals surface area contributed by atoms with E-state index in [0.29, 0.717) is 5.69 Å². The van der Waals surface area contributed by atoms with Crippen LogP contribution in [0.25, 0.3) is 0 Å². The number of nitrogens with zero attached hydrogens (tertiary/aromatic N) is 4. The number of aromatic nitrogens is 2. The third kappa shape index (κ3) is 3.46. The maximum absolute atomic E-state index is 11.2. The molecule has 0 bridgehead atoms. The highest BCUT2D eigenvalue weighted by molar-refractivity contribution is 7.90. The molecule has 1 aromatic heterocycles. The van der Waals surface area contributed by atoms with Gasteiger partial charge in [-0.05, 0) is 18.2 Å². The zero-order valence-corrected chi connectivity index (χ0v) is 11.9. The monoisotopic (exact) mass is 318 g/mol. The van der Waals surface area contributed by atoms with E-state index >= 15 is 0 Å². The van der Waals surface area contributed by atoms with E-state index in [1.54, 1.807) is 0 Å². The molecule has 0 amide bonds. The molecule has 1 aromatic carbocycles. The van der Waals surface area contributed by atoms with Crippen LogP contribution in [-0.4, -0.2) is 29.1 Å². The number of phenolic OH excluding ortho intramolecular Hbond substituents is 1. The number of hydrogen-bond acceptors (Lipinski definition) is 8. The number of hydrogen-bond donors (Lipinski definition) is 1. The summed E-state index contributed by atoms with van der Waals surface area (Å²) in [7, 11) is -3.44. The van der Waals surface area contributed by atoms with E-state index in [0.717, 1.165) is 17.8 Å². The lowest BCUT2D eigenvalue weighted by atomic mass is 10.3. The molecule has 0 unspecified atom stereocenters. The third-order valence-electron chi connectivity index (χ3n) is 1.91. The van der Waals surface area contributed by atoms with E-state index in [2.05, 4.69) is 19.6 Å². The summed E-state index contributed by atoms with van der Waals surface area (Å²) in [6.07, 6.45) is 1.01. The smallest absolute Gasteiger partial charge is 0.260 e. The highest BCUT2D eigenvalue weighted by Gasteiger charge is 2.14. The third-order valence-corrected chi connectivity index (χ3v) is 3.78. The number of azo groups is 1. The Bertz CT molecular complexity index is 742. The molecule has 1 N–H and O–H groups in total. The molecule has 1 heterocycles. The van der Waals surface area contributed by atoms with Crippen LogP contribution in [0.3, 0.4) is 0 Å². The average Bonchev–Trinajstić information content (AvgIpc) is 2.79. The molecule has 100 valence electrons. The summed E-state index contributed by atoms with van der Waals surface area (Å²) in [5.41, 5.74) is 0.402. The number of halogens is 1. The van der Waals surface area contributed by atoms with Gasteiger partial charge in [0, 0.05) is 17.8 Å². The molecular weight excluding hydrogens is 312 g/mol. The fourth-order valence-electron chi connectivity index (χ4n) is 1.05. The molecule has 2 aromatic rings. The quantitative estimate of drug-likeness (QED) is 0.876. The van der Waals surface area contributed by atoms with Crippen LogP contribution >= 0.6 is 23.1 Å². The molecule has 0 saturated carbocycles. The van der Waals surface area contributed by atoms with Gasteiger partial charge in [0.1, 0.15) is 5.75 Å². The van der Waals surface area contributed by atoms with Gasteiger partial charge >= 0.3 is 0 Å². The minimum absolute atomic E-state index is 0.0594. The van der Waals surface area contributed by atoms with Crippen molar-refractivity contribution < 1.29 is 13.5 Å². The largest absolute Gasteiger partial charge is 0.506 e. The molecule has 19 heavy (non-hydrogen) atoms. The first-order chi connectivity index (χ1) is 8.86. The summed E-state index contributed by atoms with van der Waals surface area (Å²) in [4.78, 5) is 3.71. The Morgan fingerprint density at radius 2 is 2.11 bits per heavy atom. The van der Waals surface area contributed by atoms with Crippen molar-refractivity contribution in [1.29, 1.82) is 0 Å². The highest BCUT2D eigenvalue weighted by atomic mass is 35.5. The summed E-state index contributed by atoms with van der Waals surface area (Å²) in [6, 6.07) is 4.29. The van der Waals surface area contributed by atoms with Crippen LogP contribution in [0.15, 0.2) is 33.6 Å². The fraction of sp³-hybridized carbons (Fsp3) is 0.111. The second kappa shape index (κ2) is 5.19. The summed E-state index contributed by atoms with van der Waals surface area (Å²) in [6.45, 7) is 0. The van der Waals surface area contributed by atoms with Crippen LogP contribution < -0.4 is 0 Å². The maximum atomic E-state index is 11.2. The van der Waals surface area contributed by atoms with Crippen LogP contribution in [-0.2, 0) is 9.84 Å². The van der Waals surface area contributed by atoms with Crippen molar-refractivity contribution in [3.63, 3.8) is 0 Å². The van der Waals surface area contributed by atoms with E-state index in [-0.39, 0.29) is 21.1 Å². The molecule has 0 saturated heterocycles. The average molecular weight is 319 g/mol. The summed E-state index contributed by atoms with van der Waals surface area (Å²) >= 11 is 6.52. The lowest BCUT2D eigenvalue weighted by Gasteiger charge is -1.95. The second-order valence-electron chi connectivity index (χ2n) is 3.47. The van der Waals surface area contributed by atoms with E-state index in [9.17, 15) is 13.5 Å². The van der Waals surface area contributed by atoms with Crippen LogP contribution in [0.5, 0.6) is 5.75 Å². The van der Waals surface area contributed by atoms with E-state index in [1.807, 2.05) is 0 Å². The standard InChI is InChI=1S/C9H7ClN4O3S2/c1-19(16,17)9-11-8(18-14-9)13-12-5-2-3-7(15)6(10)4-5/h2-4,15H,1H3. The van der Waals surface area contributed by atoms with Crippen molar-refractivity contribution in [3.05, 3.63) is 23.2 Å². The normalized spacial score (nSPS) is 12.1. The summed E-state index contributed by atoms with van der Waals surface area (Å²) in [5.74, 6) is -0.0594. The maximum Gasteiger partial charge on any atom is 0.260 e. The highest BCUT2D eigenvalue weighted by Crippen LogP contribution is 2.29. The van der Waals surface area contributed by atoms with E-state index in [1.165, 1.54) is 18.2 Å². The fourth-order valence-corrected chi connectivity index (χ4v) is 2.60. The van der Waals surface area contributed by atoms with Crippen molar-refractivity contribution in [2.75, 3.05) is 6.26 Å². The van der Waals surface area contributed by atoms with Gasteiger partial charge in [-0.25, -0.2) is 8.42 Å². The predicted octanol–water partition coefficient (Wildman–Crippen LogP) is 2.72. The Labute approximate surface area is 117 Å². The van der Waals surface area contributed by atoms with E-state index < -0.39 is 9.84 Å². The Hall–Kier alpha value is -1.58. The van der Waals surface area contributed by atoms with Gasteiger partial charge in [0.15, 0.2) is 0 Å². The lowest BCUT2D eigenvalue weighted by molar-refractivity contribution is 0.475. The van der Waals surface area contributed by atoms with Crippen molar-refractivity contribution in [2.45, 2.75) is 5.16 Å². The van der Waals surface area contributed by atoms with Crippen LogP contribution in [0, 0.1) is 0 Å². The van der Waals surface area contributed by atoms with Crippen molar-refractivity contribution in [1.82, 2.24) is 9.36 Å². The number of aromatic hydroxyl groups is 1. The molecule has 2 rings (SSSR count). The van der Waals surface area contributed by atoms with Crippen LogP contribution in [0.4, 0.5) is 10.8 Å². The van der Waals surface area contributed by atoms with Gasteiger partial charge < -0.3 is 5.11 Å². The lowest BCUT2D eigenvalue weighted by Crippen LogP contribution is -1.98. The summed E-state index contributed by atoms with van der Waals surface area (Å²) in [5, 5.41) is 16.8. The van der Waals surface area contributed by atoms with Gasteiger partial charge in [-0.2, -0.15) is 9.36 Å². The molecule has 0 aliphatic carbocycles. The van der Waals surface area contributed by atoms with Crippen molar-refractivity contribution in [3.8, 4) is 5.75 Å². The Morgan fingerprint density at radius 3 is 2.68 bits per heavy atom. The molecule has 0 aliphatic heterocycles. The number of benzene rings is 1. The molecular formula is C9H7ClN4O3S2. The Morgan fingerprint density at radius 1 is 1.37 bits per heavy atom. The zero-order valence-electron chi connectivity index (χ0n) is 9.48. The van der Waals surface area contributed by atoms with Gasteiger partial charge in [0.25, 0.3) is 5.16 Å². The molecule has 10 heteroatoms. The minimum atomic E-state index is -3.44. The molecule has 0 fully saturated rings. The number of sulfone groups is 1. The van der Waals surface area contributed by atoms with Gasteiger partial charge in [-0.3, -0.25) is 0 Å². The summed E-state index contributed by atoms with van der Waals surface area (Å²) < 4.78 is 26.0. The van der Waals surface area contributed by atoms with Gasteiger partial charge in [0.2, 0.25) is 15.0 Å². The zero-order chi connectivity index (χ0) is 14.0. The van der Waals surface area contributed by atoms with E-state index in [4.69, 9.17) is 11.6 Å². The van der Waals surface area contributed by atoms with Crippen LogP contribution in [0.2, 0.25) is 5.02 Å². The van der Waals surface area contributed by atoms with Crippen LogP contribution in [0.1, 0.15) is 0 Å². The minimum Gasteiger partial charge on any atom is -0.506 e. The van der Waals surface area contributed by atoms with Crippen molar-refractivity contribution >= 4 is 43.8 Å². The first-order valence-corrected chi connectivity index (χ1v) is 7.84. The Kier molecular flexibility index (Phi) is 3.78. The Balaban J connectivity index is 2.23.